The van der Waals surface area contributed by atoms with Gasteiger partial charge in [0, 0.05) is 13.1 Å². The minimum atomic E-state index is -3.39. The predicted molar refractivity (Wildman–Crippen MR) is 83.6 cm³/mol. The summed E-state index contributed by atoms with van der Waals surface area (Å²) in [6, 6.07) is 5.12. The number of ether oxygens (including phenoxy) is 1. The van der Waals surface area contributed by atoms with Gasteiger partial charge in [-0.2, -0.15) is 4.31 Å². The number of nitrogens with one attached hydrogen (secondary N) is 1. The van der Waals surface area contributed by atoms with Crippen LogP contribution in [0.15, 0.2) is 23.1 Å². The summed E-state index contributed by atoms with van der Waals surface area (Å²) in [4.78, 5) is 0.395. The summed E-state index contributed by atoms with van der Waals surface area (Å²) < 4.78 is 32.3. The fraction of sp³-hybridized carbons (Fsp3) is 0.571. The van der Waals surface area contributed by atoms with Crippen molar-refractivity contribution in [2.45, 2.75) is 11.8 Å². The Morgan fingerprint density at radius 1 is 1.24 bits per heavy atom. The molecule has 0 aromatic heterocycles. The highest BCUT2D eigenvalue weighted by Crippen LogP contribution is 2.32. The molecule has 5 nitrogen and oxygen atoms in total. The fourth-order valence-electron chi connectivity index (χ4n) is 3.19. The van der Waals surface area contributed by atoms with E-state index in [4.69, 9.17) is 4.74 Å². The van der Waals surface area contributed by atoms with Gasteiger partial charge in [0.05, 0.1) is 12.0 Å². The van der Waals surface area contributed by atoms with Gasteiger partial charge >= 0.3 is 0 Å². The number of sulfonamides is 1. The van der Waals surface area contributed by atoms with Gasteiger partial charge in [0.25, 0.3) is 0 Å². The average molecular weight is 333 g/mol. The minimum Gasteiger partial charge on any atom is -0.497 e. The molecule has 0 bridgehead atoms. The van der Waals surface area contributed by atoms with E-state index in [1.165, 1.54) is 0 Å². The molecule has 2 aliphatic rings. The zero-order chi connectivity index (χ0) is 14.3. The zero-order valence-electron chi connectivity index (χ0n) is 12.2. The van der Waals surface area contributed by atoms with Crippen molar-refractivity contribution < 1.29 is 13.2 Å². The van der Waals surface area contributed by atoms with Crippen LogP contribution in [0, 0.1) is 18.8 Å². The Balaban J connectivity index is 0.00000161. The monoisotopic (exact) mass is 332 g/mol. The maximum absolute atomic E-state index is 12.8. The SMILES string of the molecule is COc1ccc(S(=O)(=O)N2C[C@H]3CNC[C@H]3C2)c(C)c1.Cl. The standard InChI is InChI=1S/C14H20N2O3S.ClH/c1-10-5-13(19-2)3-4-14(10)20(17,18)16-8-11-6-15-7-12(11)9-16;/h3-5,11-12,15H,6-9H2,1-2H3;1H/t11-,12+;. The summed E-state index contributed by atoms with van der Waals surface area (Å²) in [5.41, 5.74) is 0.736. The molecule has 21 heavy (non-hydrogen) atoms. The highest BCUT2D eigenvalue weighted by Gasteiger charge is 2.41. The molecule has 7 heteroatoms. The molecular formula is C14H21ClN2O3S. The second-order valence-electron chi connectivity index (χ2n) is 5.63. The largest absolute Gasteiger partial charge is 0.497 e. The Labute approximate surface area is 132 Å². The van der Waals surface area contributed by atoms with Gasteiger partial charge in [-0.1, -0.05) is 0 Å². The summed E-state index contributed by atoms with van der Waals surface area (Å²) >= 11 is 0. The van der Waals surface area contributed by atoms with Crippen LogP contribution in [0.5, 0.6) is 5.75 Å². The van der Waals surface area contributed by atoms with Crippen molar-refractivity contribution in [3.05, 3.63) is 23.8 Å². The van der Waals surface area contributed by atoms with E-state index < -0.39 is 10.0 Å². The van der Waals surface area contributed by atoms with Crippen LogP contribution in [0.1, 0.15) is 5.56 Å². The van der Waals surface area contributed by atoms with E-state index in [1.54, 1.807) is 29.6 Å². The Morgan fingerprint density at radius 2 is 1.86 bits per heavy atom. The van der Waals surface area contributed by atoms with Crippen LogP contribution in [0.2, 0.25) is 0 Å². The van der Waals surface area contributed by atoms with E-state index >= 15 is 0 Å². The molecule has 118 valence electrons. The maximum Gasteiger partial charge on any atom is 0.243 e. The molecular weight excluding hydrogens is 312 g/mol. The van der Waals surface area contributed by atoms with Crippen molar-refractivity contribution in [2.24, 2.45) is 11.8 Å². The van der Waals surface area contributed by atoms with Gasteiger partial charge in [-0.25, -0.2) is 8.42 Å². The van der Waals surface area contributed by atoms with Crippen LogP contribution in [-0.4, -0.2) is 46.0 Å². The summed E-state index contributed by atoms with van der Waals surface area (Å²) in [6.07, 6.45) is 0. The number of nitrogens with zero attached hydrogens (tertiary/aromatic N) is 1. The second kappa shape index (κ2) is 6.12. The van der Waals surface area contributed by atoms with Crippen LogP contribution >= 0.6 is 12.4 Å². The van der Waals surface area contributed by atoms with Crippen molar-refractivity contribution in [1.82, 2.24) is 9.62 Å². The van der Waals surface area contributed by atoms with Crippen molar-refractivity contribution in [1.29, 1.82) is 0 Å². The fourth-order valence-corrected chi connectivity index (χ4v) is 4.95. The number of hydrogen-bond donors (Lipinski definition) is 1. The molecule has 2 aliphatic heterocycles. The first-order chi connectivity index (χ1) is 9.52. The van der Waals surface area contributed by atoms with E-state index in [2.05, 4.69) is 5.32 Å². The first-order valence-corrected chi connectivity index (χ1v) is 8.32. The van der Waals surface area contributed by atoms with E-state index in [-0.39, 0.29) is 12.4 Å². The van der Waals surface area contributed by atoms with Crippen molar-refractivity contribution in [3.8, 4) is 5.75 Å². The number of benzene rings is 1. The molecule has 1 aromatic carbocycles. The maximum atomic E-state index is 12.8. The summed E-state index contributed by atoms with van der Waals surface area (Å²) in [5, 5.41) is 3.32. The second-order valence-corrected chi connectivity index (χ2v) is 7.54. The molecule has 3 rings (SSSR count). The molecule has 2 atom stereocenters. The van der Waals surface area contributed by atoms with Crippen molar-refractivity contribution in [2.75, 3.05) is 33.3 Å². The predicted octanol–water partition coefficient (Wildman–Crippen LogP) is 1.27. The Bertz CT molecular complexity index is 609. The van der Waals surface area contributed by atoms with Crippen LogP contribution in [0.3, 0.4) is 0 Å². The molecule has 1 N–H and O–H groups in total. The lowest BCUT2D eigenvalue weighted by Crippen LogP contribution is -2.32. The third-order valence-corrected chi connectivity index (χ3v) is 6.35. The molecule has 2 saturated heterocycles. The average Bonchev–Trinajstić information content (AvgIpc) is 2.99. The number of aryl methyl sites for hydroxylation is 1. The molecule has 2 heterocycles. The van der Waals surface area contributed by atoms with Gasteiger partial charge in [-0.3, -0.25) is 0 Å². The van der Waals surface area contributed by atoms with E-state index in [0.29, 0.717) is 35.6 Å². The quantitative estimate of drug-likeness (QED) is 0.905. The highest BCUT2D eigenvalue weighted by atomic mass is 35.5. The van der Waals surface area contributed by atoms with Crippen molar-refractivity contribution in [3.63, 3.8) is 0 Å². The lowest BCUT2D eigenvalue weighted by atomic mass is 10.0. The molecule has 0 radical (unpaired) electrons. The molecule has 0 spiro atoms. The number of halogens is 1. The van der Waals surface area contributed by atoms with Gasteiger partial charge in [-0.15, -0.1) is 12.4 Å². The molecule has 0 unspecified atom stereocenters. The normalized spacial score (nSPS) is 25.4. The van der Waals surface area contributed by atoms with E-state index in [0.717, 1.165) is 18.7 Å². The number of methoxy groups -OCH3 is 1. The van der Waals surface area contributed by atoms with Crippen LogP contribution in [-0.2, 0) is 10.0 Å². The smallest absolute Gasteiger partial charge is 0.243 e. The lowest BCUT2D eigenvalue weighted by molar-refractivity contribution is 0.413. The summed E-state index contributed by atoms with van der Waals surface area (Å²) in [5.74, 6) is 1.61. The minimum absolute atomic E-state index is 0. The van der Waals surface area contributed by atoms with Crippen molar-refractivity contribution >= 4 is 22.4 Å². The first-order valence-electron chi connectivity index (χ1n) is 6.88. The number of hydrogen-bond acceptors (Lipinski definition) is 4. The van der Waals surface area contributed by atoms with E-state index in [1.807, 2.05) is 6.92 Å². The molecule has 0 aliphatic carbocycles. The Morgan fingerprint density at radius 3 is 2.38 bits per heavy atom. The number of fused-ring (bicyclic) bond motifs is 1. The molecule has 0 amide bonds. The van der Waals surface area contributed by atoms with Gasteiger partial charge < -0.3 is 10.1 Å². The molecule has 0 saturated carbocycles. The van der Waals surface area contributed by atoms with Gasteiger partial charge in [0.2, 0.25) is 10.0 Å². The third-order valence-electron chi connectivity index (χ3n) is 4.36. The summed E-state index contributed by atoms with van der Waals surface area (Å²) in [6.45, 7) is 4.93. The van der Waals surface area contributed by atoms with Gasteiger partial charge in [-0.05, 0) is 55.6 Å². The topological polar surface area (TPSA) is 58.6 Å². The zero-order valence-corrected chi connectivity index (χ0v) is 13.8. The van der Waals surface area contributed by atoms with Crippen LogP contribution in [0.25, 0.3) is 0 Å². The van der Waals surface area contributed by atoms with E-state index in [9.17, 15) is 8.42 Å². The number of rotatable bonds is 3. The van der Waals surface area contributed by atoms with Gasteiger partial charge in [0.15, 0.2) is 0 Å². The molecule has 2 fully saturated rings. The van der Waals surface area contributed by atoms with Crippen LogP contribution < -0.4 is 10.1 Å². The Kier molecular flexibility index (Phi) is 4.82. The van der Waals surface area contributed by atoms with Crippen LogP contribution in [0.4, 0.5) is 0 Å². The lowest BCUT2D eigenvalue weighted by Gasteiger charge is -2.19. The Hall–Kier alpha value is -0.820. The first kappa shape index (κ1) is 16.5. The highest BCUT2D eigenvalue weighted by molar-refractivity contribution is 7.89. The summed E-state index contributed by atoms with van der Waals surface area (Å²) in [7, 11) is -1.81. The molecule has 1 aromatic rings. The van der Waals surface area contributed by atoms with Gasteiger partial charge in [0.1, 0.15) is 5.75 Å². The third kappa shape index (κ3) is 2.90.